The van der Waals surface area contributed by atoms with Gasteiger partial charge in [-0.05, 0) is 43.7 Å². The maximum absolute atomic E-state index is 10.7. The number of carbonyl (C=O) groups is 1. The number of thiophene rings is 1. The molecule has 0 atom stereocenters. The SMILES string of the molecule is Cc1cc(C)c(CCC(C)(C)CC(=O)O)s1. The van der Waals surface area contributed by atoms with Crippen LogP contribution in [-0.4, -0.2) is 11.1 Å². The molecule has 0 amide bonds. The van der Waals surface area contributed by atoms with E-state index in [4.69, 9.17) is 5.11 Å². The zero-order chi connectivity index (χ0) is 12.3. The number of aliphatic carboxylic acids is 1. The Hall–Kier alpha value is -0.830. The van der Waals surface area contributed by atoms with Crippen LogP contribution in [-0.2, 0) is 11.2 Å². The molecule has 1 aromatic rings. The smallest absolute Gasteiger partial charge is 0.303 e. The third kappa shape index (κ3) is 3.97. The van der Waals surface area contributed by atoms with Gasteiger partial charge in [-0.2, -0.15) is 0 Å². The molecule has 16 heavy (non-hydrogen) atoms. The van der Waals surface area contributed by atoms with Crippen LogP contribution in [0.4, 0.5) is 0 Å². The highest BCUT2D eigenvalue weighted by Gasteiger charge is 2.22. The van der Waals surface area contributed by atoms with Gasteiger partial charge in [0.15, 0.2) is 0 Å². The molecule has 0 aliphatic heterocycles. The first-order chi connectivity index (χ1) is 7.30. The highest BCUT2D eigenvalue weighted by molar-refractivity contribution is 7.12. The Bertz CT molecular complexity index is 377. The summed E-state index contributed by atoms with van der Waals surface area (Å²) in [6.45, 7) is 8.29. The zero-order valence-electron chi connectivity index (χ0n) is 10.5. The zero-order valence-corrected chi connectivity index (χ0v) is 11.3. The molecule has 1 aromatic heterocycles. The number of hydrogen-bond acceptors (Lipinski definition) is 2. The van der Waals surface area contributed by atoms with E-state index in [1.54, 1.807) is 0 Å². The summed E-state index contributed by atoms with van der Waals surface area (Å²) >= 11 is 1.83. The summed E-state index contributed by atoms with van der Waals surface area (Å²) in [5.41, 5.74) is 1.23. The van der Waals surface area contributed by atoms with Gasteiger partial charge in [-0.1, -0.05) is 13.8 Å². The summed E-state index contributed by atoms with van der Waals surface area (Å²) in [6, 6.07) is 2.20. The fourth-order valence-electron chi connectivity index (χ4n) is 1.89. The number of hydrogen-bond donors (Lipinski definition) is 1. The van der Waals surface area contributed by atoms with Crippen LogP contribution in [0.3, 0.4) is 0 Å². The van der Waals surface area contributed by atoms with Crippen LogP contribution >= 0.6 is 11.3 Å². The minimum absolute atomic E-state index is 0.115. The van der Waals surface area contributed by atoms with E-state index >= 15 is 0 Å². The van der Waals surface area contributed by atoms with Crippen molar-refractivity contribution in [1.82, 2.24) is 0 Å². The molecular formula is C13H20O2S. The number of carboxylic acids is 1. The molecule has 0 aliphatic carbocycles. The summed E-state index contributed by atoms with van der Waals surface area (Å²) in [5, 5.41) is 8.81. The molecule has 90 valence electrons. The minimum atomic E-state index is -0.705. The summed E-state index contributed by atoms with van der Waals surface area (Å²) in [6.07, 6.45) is 2.17. The number of rotatable bonds is 5. The van der Waals surface area contributed by atoms with Gasteiger partial charge in [0.25, 0.3) is 0 Å². The lowest BCUT2D eigenvalue weighted by molar-refractivity contribution is -0.139. The van der Waals surface area contributed by atoms with Crippen molar-refractivity contribution in [2.24, 2.45) is 5.41 Å². The molecular weight excluding hydrogens is 220 g/mol. The molecule has 3 heteroatoms. The van der Waals surface area contributed by atoms with E-state index in [2.05, 4.69) is 19.9 Å². The van der Waals surface area contributed by atoms with Crippen LogP contribution < -0.4 is 0 Å². The summed E-state index contributed by atoms with van der Waals surface area (Å²) in [7, 11) is 0. The predicted octanol–water partition coefficient (Wildman–Crippen LogP) is 3.80. The van der Waals surface area contributed by atoms with Gasteiger partial charge in [-0.25, -0.2) is 0 Å². The lowest BCUT2D eigenvalue weighted by atomic mass is 9.84. The van der Waals surface area contributed by atoms with Gasteiger partial charge in [-0.15, -0.1) is 11.3 Å². The van der Waals surface area contributed by atoms with Gasteiger partial charge in [-0.3, -0.25) is 4.79 Å². The van der Waals surface area contributed by atoms with Crippen LogP contribution in [0.2, 0.25) is 0 Å². The van der Waals surface area contributed by atoms with Crippen LogP contribution in [0.1, 0.15) is 42.0 Å². The van der Waals surface area contributed by atoms with Crippen molar-refractivity contribution in [3.8, 4) is 0 Å². The molecule has 0 aliphatic rings. The average molecular weight is 240 g/mol. The molecule has 0 fully saturated rings. The minimum Gasteiger partial charge on any atom is -0.481 e. The van der Waals surface area contributed by atoms with E-state index in [0.29, 0.717) is 0 Å². The lowest BCUT2D eigenvalue weighted by Gasteiger charge is -2.21. The Morgan fingerprint density at radius 3 is 2.50 bits per heavy atom. The van der Waals surface area contributed by atoms with E-state index in [-0.39, 0.29) is 11.8 Å². The van der Waals surface area contributed by atoms with E-state index in [1.165, 1.54) is 15.3 Å². The maximum Gasteiger partial charge on any atom is 0.303 e. The molecule has 0 saturated carbocycles. The lowest BCUT2D eigenvalue weighted by Crippen LogP contribution is -2.17. The van der Waals surface area contributed by atoms with Crippen LogP contribution in [0.15, 0.2) is 6.07 Å². The third-order valence-electron chi connectivity index (χ3n) is 2.80. The molecule has 1 heterocycles. The second-order valence-corrected chi connectivity index (χ2v) is 6.54. The summed E-state index contributed by atoms with van der Waals surface area (Å²) in [5.74, 6) is -0.705. The Morgan fingerprint density at radius 1 is 1.44 bits per heavy atom. The molecule has 1 N–H and O–H groups in total. The largest absolute Gasteiger partial charge is 0.481 e. The standard InChI is InChI=1S/C13H20O2S/c1-9-7-10(2)16-11(9)5-6-13(3,4)8-12(14)15/h7H,5-6,8H2,1-4H3,(H,14,15). The first-order valence-electron chi connectivity index (χ1n) is 5.58. The normalized spacial score (nSPS) is 11.8. The fraction of sp³-hybridized carbons (Fsp3) is 0.615. The second kappa shape index (κ2) is 5.00. The van der Waals surface area contributed by atoms with Gasteiger partial charge < -0.3 is 5.11 Å². The molecule has 2 nitrogen and oxygen atoms in total. The Kier molecular flexibility index (Phi) is 4.14. The van der Waals surface area contributed by atoms with Gasteiger partial charge in [0, 0.05) is 9.75 Å². The van der Waals surface area contributed by atoms with E-state index in [9.17, 15) is 4.79 Å². The third-order valence-corrected chi connectivity index (χ3v) is 4.01. The number of carboxylic acid groups (broad SMARTS) is 1. The van der Waals surface area contributed by atoms with Gasteiger partial charge in [0.1, 0.15) is 0 Å². The van der Waals surface area contributed by atoms with E-state index < -0.39 is 5.97 Å². The van der Waals surface area contributed by atoms with Crippen molar-refractivity contribution in [2.45, 2.75) is 47.0 Å². The first kappa shape index (κ1) is 13.2. The second-order valence-electron chi connectivity index (χ2n) is 5.20. The van der Waals surface area contributed by atoms with Crippen molar-refractivity contribution < 1.29 is 9.90 Å². The topological polar surface area (TPSA) is 37.3 Å². The Labute approximate surface area is 101 Å². The van der Waals surface area contributed by atoms with Crippen molar-refractivity contribution in [3.63, 3.8) is 0 Å². The molecule has 0 bridgehead atoms. The van der Waals surface area contributed by atoms with Crippen molar-refractivity contribution in [3.05, 3.63) is 21.4 Å². The van der Waals surface area contributed by atoms with Crippen LogP contribution in [0.5, 0.6) is 0 Å². The van der Waals surface area contributed by atoms with Crippen molar-refractivity contribution in [2.75, 3.05) is 0 Å². The summed E-state index contributed by atoms with van der Waals surface area (Å²) in [4.78, 5) is 13.4. The Balaban J connectivity index is 2.57. The van der Waals surface area contributed by atoms with Crippen molar-refractivity contribution >= 4 is 17.3 Å². The fourth-order valence-corrected chi connectivity index (χ4v) is 2.94. The van der Waals surface area contributed by atoms with E-state index in [0.717, 1.165) is 12.8 Å². The van der Waals surface area contributed by atoms with Crippen LogP contribution in [0.25, 0.3) is 0 Å². The highest BCUT2D eigenvalue weighted by Crippen LogP contribution is 2.30. The van der Waals surface area contributed by atoms with Crippen LogP contribution in [0, 0.1) is 19.3 Å². The highest BCUT2D eigenvalue weighted by atomic mass is 32.1. The Morgan fingerprint density at radius 2 is 2.06 bits per heavy atom. The monoisotopic (exact) mass is 240 g/mol. The van der Waals surface area contributed by atoms with Gasteiger partial charge in [0.05, 0.1) is 6.42 Å². The maximum atomic E-state index is 10.7. The average Bonchev–Trinajstić information content (AvgIpc) is 2.39. The predicted molar refractivity (Wildman–Crippen MR) is 68.1 cm³/mol. The first-order valence-corrected chi connectivity index (χ1v) is 6.39. The van der Waals surface area contributed by atoms with Gasteiger partial charge in [0.2, 0.25) is 0 Å². The number of aryl methyl sites for hydroxylation is 3. The molecule has 0 unspecified atom stereocenters. The molecule has 0 aromatic carbocycles. The molecule has 0 spiro atoms. The van der Waals surface area contributed by atoms with Crippen molar-refractivity contribution in [1.29, 1.82) is 0 Å². The summed E-state index contributed by atoms with van der Waals surface area (Å²) < 4.78 is 0. The van der Waals surface area contributed by atoms with E-state index in [1.807, 2.05) is 25.2 Å². The quantitative estimate of drug-likeness (QED) is 0.850. The molecule has 1 rings (SSSR count). The molecule has 0 radical (unpaired) electrons. The molecule has 0 saturated heterocycles. The van der Waals surface area contributed by atoms with Gasteiger partial charge >= 0.3 is 5.97 Å².